The topological polar surface area (TPSA) is 93.7 Å². The van der Waals surface area contributed by atoms with Crippen molar-refractivity contribution < 1.29 is 22.8 Å². The van der Waals surface area contributed by atoms with Gasteiger partial charge in [0.15, 0.2) is 0 Å². The molecule has 1 amide bonds. The van der Waals surface area contributed by atoms with Crippen molar-refractivity contribution in [3.63, 3.8) is 0 Å². The van der Waals surface area contributed by atoms with Crippen LogP contribution in [0.1, 0.15) is 17.3 Å². The molecular formula is C16H18N2O5S. The molecule has 0 atom stereocenters. The number of hydrogen-bond acceptors (Lipinski definition) is 5. The first-order valence-electron chi connectivity index (χ1n) is 7.15. The van der Waals surface area contributed by atoms with E-state index >= 15 is 0 Å². The summed E-state index contributed by atoms with van der Waals surface area (Å²) < 4.78 is 32.5. The van der Waals surface area contributed by atoms with Gasteiger partial charge in [-0.2, -0.15) is 0 Å². The van der Waals surface area contributed by atoms with Crippen LogP contribution in [0.2, 0.25) is 0 Å². The van der Waals surface area contributed by atoms with Crippen molar-refractivity contribution in [2.45, 2.75) is 11.8 Å². The molecular weight excluding hydrogens is 332 g/mol. The number of anilines is 1. The summed E-state index contributed by atoms with van der Waals surface area (Å²) in [7, 11) is -2.43. The molecule has 2 N–H and O–H groups in total. The van der Waals surface area contributed by atoms with Crippen LogP contribution in [0.5, 0.6) is 5.75 Å². The van der Waals surface area contributed by atoms with Crippen molar-refractivity contribution in [3.8, 4) is 5.75 Å². The Labute approximate surface area is 140 Å². The SMILES string of the molecule is CCOc1ccc(NS(=O)(=O)c2ccc(C(=O)NOC)cc2)cc1. The minimum absolute atomic E-state index is 0.0466. The van der Waals surface area contributed by atoms with Crippen LogP contribution in [0.3, 0.4) is 0 Å². The van der Waals surface area contributed by atoms with Crippen LogP contribution >= 0.6 is 0 Å². The highest BCUT2D eigenvalue weighted by atomic mass is 32.2. The molecule has 24 heavy (non-hydrogen) atoms. The Morgan fingerprint density at radius 3 is 2.21 bits per heavy atom. The number of carbonyl (C=O) groups is 1. The van der Waals surface area contributed by atoms with Crippen molar-refractivity contribution in [2.24, 2.45) is 0 Å². The highest BCUT2D eigenvalue weighted by molar-refractivity contribution is 7.92. The largest absolute Gasteiger partial charge is 0.494 e. The molecule has 0 spiro atoms. The summed E-state index contributed by atoms with van der Waals surface area (Å²) in [6, 6.07) is 12.1. The zero-order valence-corrected chi connectivity index (χ0v) is 14.1. The van der Waals surface area contributed by atoms with Crippen molar-refractivity contribution >= 4 is 21.6 Å². The molecule has 2 aromatic rings. The lowest BCUT2D eigenvalue weighted by Gasteiger charge is -2.10. The number of benzene rings is 2. The van der Waals surface area contributed by atoms with Crippen LogP contribution in [0.15, 0.2) is 53.4 Å². The zero-order valence-electron chi connectivity index (χ0n) is 13.3. The van der Waals surface area contributed by atoms with Gasteiger partial charge in [-0.1, -0.05) is 0 Å². The molecule has 0 unspecified atom stereocenters. The fourth-order valence-corrected chi connectivity index (χ4v) is 3.00. The van der Waals surface area contributed by atoms with Crippen LogP contribution in [-0.2, 0) is 14.9 Å². The smallest absolute Gasteiger partial charge is 0.274 e. The maximum Gasteiger partial charge on any atom is 0.274 e. The molecule has 0 radical (unpaired) electrons. The molecule has 0 aliphatic carbocycles. The first kappa shape index (κ1) is 17.8. The summed E-state index contributed by atoms with van der Waals surface area (Å²) in [5.41, 5.74) is 2.86. The fraction of sp³-hybridized carbons (Fsp3) is 0.188. The van der Waals surface area contributed by atoms with Crippen LogP contribution < -0.4 is 14.9 Å². The van der Waals surface area contributed by atoms with Crippen molar-refractivity contribution in [1.29, 1.82) is 0 Å². The number of amides is 1. The quantitative estimate of drug-likeness (QED) is 0.747. The van der Waals surface area contributed by atoms with E-state index in [1.807, 2.05) is 6.92 Å². The van der Waals surface area contributed by atoms with E-state index in [2.05, 4.69) is 15.0 Å². The minimum atomic E-state index is -3.75. The minimum Gasteiger partial charge on any atom is -0.494 e. The lowest BCUT2D eigenvalue weighted by atomic mass is 10.2. The van der Waals surface area contributed by atoms with Gasteiger partial charge >= 0.3 is 0 Å². The molecule has 0 bridgehead atoms. The molecule has 0 aliphatic rings. The Morgan fingerprint density at radius 2 is 1.67 bits per heavy atom. The number of sulfonamides is 1. The Bertz CT molecular complexity index is 786. The Balaban J connectivity index is 2.13. The average molecular weight is 350 g/mol. The highest BCUT2D eigenvalue weighted by Crippen LogP contribution is 2.20. The Hall–Kier alpha value is -2.58. The number of hydrogen-bond donors (Lipinski definition) is 2. The molecule has 2 rings (SSSR count). The lowest BCUT2D eigenvalue weighted by Crippen LogP contribution is -2.21. The summed E-state index contributed by atoms with van der Waals surface area (Å²) >= 11 is 0. The second-order valence-corrected chi connectivity index (χ2v) is 6.40. The van der Waals surface area contributed by atoms with E-state index < -0.39 is 15.9 Å². The second-order valence-electron chi connectivity index (χ2n) is 4.72. The van der Waals surface area contributed by atoms with Crippen LogP contribution in [0.4, 0.5) is 5.69 Å². The van der Waals surface area contributed by atoms with Crippen LogP contribution in [0.25, 0.3) is 0 Å². The predicted octanol–water partition coefficient (Wildman–Crippen LogP) is 2.18. The molecule has 8 heteroatoms. The van der Waals surface area contributed by atoms with Gasteiger partial charge in [-0.15, -0.1) is 0 Å². The number of rotatable bonds is 7. The summed E-state index contributed by atoms with van der Waals surface area (Å²) in [5.74, 6) is 0.204. The molecule has 128 valence electrons. The molecule has 0 saturated carbocycles. The van der Waals surface area contributed by atoms with E-state index in [4.69, 9.17) is 4.74 Å². The van der Waals surface area contributed by atoms with Crippen molar-refractivity contribution in [1.82, 2.24) is 5.48 Å². The number of nitrogens with one attached hydrogen (secondary N) is 2. The zero-order chi connectivity index (χ0) is 17.6. The molecule has 0 saturated heterocycles. The number of carbonyl (C=O) groups excluding carboxylic acids is 1. The Kier molecular flexibility index (Phi) is 5.78. The van der Waals surface area contributed by atoms with Gasteiger partial charge in [-0.05, 0) is 55.5 Å². The molecule has 0 aliphatic heterocycles. The van der Waals surface area contributed by atoms with E-state index in [-0.39, 0.29) is 10.5 Å². The van der Waals surface area contributed by atoms with Gasteiger partial charge in [0.1, 0.15) is 5.75 Å². The second kappa shape index (κ2) is 7.80. The van der Waals surface area contributed by atoms with Crippen molar-refractivity contribution in [3.05, 3.63) is 54.1 Å². The normalized spacial score (nSPS) is 10.9. The van der Waals surface area contributed by atoms with E-state index in [1.165, 1.54) is 31.4 Å². The molecule has 0 fully saturated rings. The molecule has 2 aromatic carbocycles. The van der Waals surface area contributed by atoms with E-state index in [9.17, 15) is 13.2 Å². The maximum absolute atomic E-state index is 12.4. The average Bonchev–Trinajstić information content (AvgIpc) is 2.57. The third-order valence-electron chi connectivity index (χ3n) is 3.04. The van der Waals surface area contributed by atoms with Gasteiger partial charge in [0, 0.05) is 11.3 Å². The van der Waals surface area contributed by atoms with Gasteiger partial charge in [0.2, 0.25) is 0 Å². The first-order valence-corrected chi connectivity index (χ1v) is 8.63. The van der Waals surface area contributed by atoms with Gasteiger partial charge in [0.25, 0.3) is 15.9 Å². The van der Waals surface area contributed by atoms with Gasteiger partial charge in [0.05, 0.1) is 18.6 Å². The number of hydroxylamine groups is 1. The Morgan fingerprint density at radius 1 is 1.04 bits per heavy atom. The lowest BCUT2D eigenvalue weighted by molar-refractivity contribution is 0.0537. The summed E-state index contributed by atoms with van der Waals surface area (Å²) in [6.07, 6.45) is 0. The third kappa shape index (κ3) is 4.46. The number of ether oxygens (including phenoxy) is 1. The molecule has 7 nitrogen and oxygen atoms in total. The van der Waals surface area contributed by atoms with Crippen LogP contribution in [-0.4, -0.2) is 28.0 Å². The van der Waals surface area contributed by atoms with Gasteiger partial charge < -0.3 is 4.74 Å². The van der Waals surface area contributed by atoms with Gasteiger partial charge in [-0.3, -0.25) is 14.4 Å². The standard InChI is InChI=1S/C16H18N2O5S/c1-3-23-14-8-6-13(7-9-14)18-24(20,21)15-10-4-12(5-11-15)16(19)17-22-2/h4-11,18H,3H2,1-2H3,(H,17,19). The first-order chi connectivity index (χ1) is 11.5. The van der Waals surface area contributed by atoms with E-state index in [1.54, 1.807) is 24.3 Å². The molecule has 0 heterocycles. The highest BCUT2D eigenvalue weighted by Gasteiger charge is 2.15. The maximum atomic E-state index is 12.4. The predicted molar refractivity (Wildman–Crippen MR) is 89.3 cm³/mol. The van der Waals surface area contributed by atoms with E-state index in [0.717, 1.165) is 0 Å². The monoisotopic (exact) mass is 350 g/mol. The van der Waals surface area contributed by atoms with Crippen molar-refractivity contribution in [2.75, 3.05) is 18.4 Å². The summed E-state index contributed by atoms with van der Waals surface area (Å²) in [5, 5.41) is 0. The summed E-state index contributed by atoms with van der Waals surface area (Å²) in [4.78, 5) is 16.1. The third-order valence-corrected chi connectivity index (χ3v) is 4.44. The van der Waals surface area contributed by atoms with Gasteiger partial charge in [-0.25, -0.2) is 13.9 Å². The van der Waals surface area contributed by atoms with Crippen LogP contribution in [0, 0.1) is 0 Å². The van der Waals surface area contributed by atoms with E-state index in [0.29, 0.717) is 18.0 Å². The summed E-state index contributed by atoms with van der Waals surface area (Å²) in [6.45, 7) is 2.40. The molecule has 0 aromatic heterocycles. The fourth-order valence-electron chi connectivity index (χ4n) is 1.94.